The van der Waals surface area contributed by atoms with Gasteiger partial charge in [0, 0.05) is 18.0 Å². The zero-order valence-electron chi connectivity index (χ0n) is 18.3. The summed E-state index contributed by atoms with van der Waals surface area (Å²) in [5, 5.41) is 15.3. The molecule has 2 aromatic heterocycles. The van der Waals surface area contributed by atoms with Crippen LogP contribution in [0.3, 0.4) is 0 Å². The van der Waals surface area contributed by atoms with Crippen LogP contribution in [0.4, 0.5) is 22.0 Å². The topological polar surface area (TPSA) is 135 Å². The van der Waals surface area contributed by atoms with Gasteiger partial charge in [0.05, 0.1) is 28.5 Å². The maximum Gasteiger partial charge on any atom is 0.224 e. The summed E-state index contributed by atoms with van der Waals surface area (Å²) in [5.74, 6) is -0.305. The van der Waals surface area contributed by atoms with Gasteiger partial charge in [0.1, 0.15) is 11.3 Å². The molecule has 33 heavy (non-hydrogen) atoms. The van der Waals surface area contributed by atoms with Crippen molar-refractivity contribution in [1.29, 1.82) is 5.26 Å². The molecule has 11 heteroatoms. The maximum atomic E-state index is 14.7. The Morgan fingerprint density at radius 1 is 1.30 bits per heavy atom. The summed E-state index contributed by atoms with van der Waals surface area (Å²) in [6.07, 6.45) is 4.28. The SMILES string of the molecule is CC(C)Nc1ncc2nc(Nc3c(F)cc(C#N)cc3Cl)n(C3CCC(C(N)=O)CC3)c2n1. The van der Waals surface area contributed by atoms with Gasteiger partial charge >= 0.3 is 0 Å². The van der Waals surface area contributed by atoms with E-state index in [2.05, 4.69) is 25.6 Å². The van der Waals surface area contributed by atoms with Crippen molar-refractivity contribution in [3.63, 3.8) is 0 Å². The van der Waals surface area contributed by atoms with E-state index >= 15 is 0 Å². The van der Waals surface area contributed by atoms with E-state index < -0.39 is 5.82 Å². The highest BCUT2D eigenvalue weighted by Gasteiger charge is 2.29. The lowest BCUT2D eigenvalue weighted by molar-refractivity contribution is -0.122. The third-order valence-electron chi connectivity index (χ3n) is 5.72. The number of amides is 1. The summed E-state index contributed by atoms with van der Waals surface area (Å²) in [7, 11) is 0. The van der Waals surface area contributed by atoms with E-state index in [0.29, 0.717) is 48.7 Å². The van der Waals surface area contributed by atoms with Crippen LogP contribution in [0.25, 0.3) is 11.2 Å². The third kappa shape index (κ3) is 4.68. The molecule has 4 N–H and O–H groups in total. The molecule has 2 heterocycles. The second kappa shape index (κ2) is 9.19. The van der Waals surface area contributed by atoms with Crippen molar-refractivity contribution in [2.24, 2.45) is 11.7 Å². The quantitative estimate of drug-likeness (QED) is 0.489. The molecule has 1 aromatic carbocycles. The minimum Gasteiger partial charge on any atom is -0.369 e. The molecule has 0 spiro atoms. The number of carbonyl (C=O) groups is 1. The maximum absolute atomic E-state index is 14.7. The number of nitrogens with one attached hydrogen (secondary N) is 2. The number of nitrogens with zero attached hydrogens (tertiary/aromatic N) is 5. The first-order valence-electron chi connectivity index (χ1n) is 10.7. The van der Waals surface area contributed by atoms with Crippen LogP contribution in [-0.4, -0.2) is 31.5 Å². The van der Waals surface area contributed by atoms with Gasteiger partial charge in [-0.1, -0.05) is 11.6 Å². The van der Waals surface area contributed by atoms with Gasteiger partial charge in [-0.25, -0.2) is 14.4 Å². The van der Waals surface area contributed by atoms with E-state index in [4.69, 9.17) is 22.6 Å². The van der Waals surface area contributed by atoms with Gasteiger partial charge in [0.2, 0.25) is 17.8 Å². The smallest absolute Gasteiger partial charge is 0.224 e. The third-order valence-corrected chi connectivity index (χ3v) is 6.02. The number of hydrogen-bond donors (Lipinski definition) is 3. The van der Waals surface area contributed by atoms with Crippen molar-refractivity contribution in [3.05, 3.63) is 34.7 Å². The van der Waals surface area contributed by atoms with Crippen LogP contribution in [0.15, 0.2) is 18.3 Å². The fraction of sp³-hybridized carbons (Fsp3) is 0.409. The van der Waals surface area contributed by atoms with Gasteiger partial charge in [-0.2, -0.15) is 10.2 Å². The Kier molecular flexibility index (Phi) is 6.33. The van der Waals surface area contributed by atoms with E-state index in [1.165, 1.54) is 6.07 Å². The molecular formula is C22H24ClFN8O. The number of aromatic nitrogens is 4. The molecule has 0 atom stereocenters. The zero-order chi connectivity index (χ0) is 23.7. The van der Waals surface area contributed by atoms with Gasteiger partial charge in [0.15, 0.2) is 5.65 Å². The van der Waals surface area contributed by atoms with Crippen LogP contribution in [0.5, 0.6) is 0 Å². The van der Waals surface area contributed by atoms with Crippen molar-refractivity contribution < 1.29 is 9.18 Å². The molecule has 1 saturated carbocycles. The number of primary amides is 1. The van der Waals surface area contributed by atoms with E-state index in [1.54, 1.807) is 6.20 Å². The average Bonchev–Trinajstić information content (AvgIpc) is 3.13. The van der Waals surface area contributed by atoms with Crippen LogP contribution < -0.4 is 16.4 Å². The minimum absolute atomic E-state index is 0.0199. The van der Waals surface area contributed by atoms with E-state index in [9.17, 15) is 9.18 Å². The summed E-state index contributed by atoms with van der Waals surface area (Å²) < 4.78 is 16.6. The second-order valence-corrected chi connectivity index (χ2v) is 8.87. The molecule has 4 rings (SSSR count). The first-order valence-corrected chi connectivity index (χ1v) is 11.1. The Balaban J connectivity index is 1.78. The lowest BCUT2D eigenvalue weighted by Gasteiger charge is -2.29. The fourth-order valence-electron chi connectivity index (χ4n) is 4.14. The Labute approximate surface area is 195 Å². The van der Waals surface area contributed by atoms with Gasteiger partial charge in [-0.15, -0.1) is 0 Å². The van der Waals surface area contributed by atoms with Crippen molar-refractivity contribution in [2.45, 2.75) is 51.6 Å². The summed E-state index contributed by atoms with van der Waals surface area (Å²) >= 11 is 6.26. The summed E-state index contributed by atoms with van der Waals surface area (Å²) in [6, 6.07) is 4.49. The second-order valence-electron chi connectivity index (χ2n) is 8.47. The normalized spacial score (nSPS) is 18.3. The van der Waals surface area contributed by atoms with Gasteiger partial charge in [0.25, 0.3) is 0 Å². The highest BCUT2D eigenvalue weighted by atomic mass is 35.5. The largest absolute Gasteiger partial charge is 0.369 e. The molecule has 3 aromatic rings. The summed E-state index contributed by atoms with van der Waals surface area (Å²) in [5.41, 5.74) is 6.76. The predicted octanol–water partition coefficient (Wildman–Crippen LogP) is 4.27. The fourth-order valence-corrected chi connectivity index (χ4v) is 4.40. The van der Waals surface area contributed by atoms with Crippen molar-refractivity contribution in [3.8, 4) is 6.07 Å². The first-order chi connectivity index (χ1) is 15.8. The van der Waals surface area contributed by atoms with E-state index in [0.717, 1.165) is 6.07 Å². The zero-order valence-corrected chi connectivity index (χ0v) is 19.0. The highest BCUT2D eigenvalue weighted by Crippen LogP contribution is 2.38. The van der Waals surface area contributed by atoms with Crippen LogP contribution in [-0.2, 0) is 4.79 Å². The van der Waals surface area contributed by atoms with E-state index in [1.807, 2.05) is 24.5 Å². The number of rotatable bonds is 6. The van der Waals surface area contributed by atoms with Crippen molar-refractivity contribution in [1.82, 2.24) is 19.5 Å². The Morgan fingerprint density at radius 2 is 2.03 bits per heavy atom. The molecule has 0 saturated heterocycles. The minimum atomic E-state index is -0.664. The summed E-state index contributed by atoms with van der Waals surface area (Å²) in [4.78, 5) is 25.2. The summed E-state index contributed by atoms with van der Waals surface area (Å²) in [6.45, 7) is 3.97. The van der Waals surface area contributed by atoms with Gasteiger partial charge in [-0.05, 0) is 51.7 Å². The molecule has 1 fully saturated rings. The molecule has 9 nitrogen and oxygen atoms in total. The van der Waals surface area contributed by atoms with Crippen LogP contribution in [0, 0.1) is 23.1 Å². The standard InChI is InChI=1S/C22H24ClFN8O/c1-11(2)28-21-27-10-17-20(31-21)32(14-5-3-13(4-6-14)19(26)33)22(29-17)30-18-15(23)7-12(9-25)8-16(18)24/h7-8,10-11,13-14H,3-6H2,1-2H3,(H2,26,33)(H,29,30)(H,27,28,31). The number of benzene rings is 1. The first kappa shape index (κ1) is 22.7. The highest BCUT2D eigenvalue weighted by molar-refractivity contribution is 6.33. The van der Waals surface area contributed by atoms with Crippen molar-refractivity contribution in [2.75, 3.05) is 10.6 Å². The number of nitrogens with two attached hydrogens (primary N) is 1. The molecule has 1 aliphatic carbocycles. The van der Waals surface area contributed by atoms with Crippen LogP contribution in [0.2, 0.25) is 5.02 Å². The number of hydrogen-bond acceptors (Lipinski definition) is 7. The molecule has 1 aliphatic rings. The molecule has 0 aliphatic heterocycles. The number of carbonyl (C=O) groups excluding carboxylic acids is 1. The number of fused-ring (bicyclic) bond motifs is 1. The molecule has 0 unspecified atom stereocenters. The van der Waals surface area contributed by atoms with Gasteiger partial charge < -0.3 is 16.4 Å². The van der Waals surface area contributed by atoms with Crippen molar-refractivity contribution >= 4 is 46.3 Å². The Hall–Kier alpha value is -3.45. The van der Waals surface area contributed by atoms with E-state index in [-0.39, 0.29) is 40.2 Å². The monoisotopic (exact) mass is 470 g/mol. The number of halogens is 2. The van der Waals surface area contributed by atoms with Crippen LogP contribution in [0.1, 0.15) is 51.1 Å². The Bertz CT molecular complexity index is 1220. The molecule has 0 bridgehead atoms. The predicted molar refractivity (Wildman–Crippen MR) is 124 cm³/mol. The van der Waals surface area contributed by atoms with Gasteiger partial charge in [-0.3, -0.25) is 9.36 Å². The molecule has 1 amide bonds. The number of anilines is 3. The molecular weight excluding hydrogens is 447 g/mol. The van der Waals surface area contributed by atoms with Crippen LogP contribution >= 0.6 is 11.6 Å². The lowest BCUT2D eigenvalue weighted by Crippen LogP contribution is -2.28. The Morgan fingerprint density at radius 3 is 2.64 bits per heavy atom. The lowest BCUT2D eigenvalue weighted by atomic mass is 9.85. The number of nitriles is 1. The molecule has 172 valence electrons. The number of imidazole rings is 1. The average molecular weight is 471 g/mol. The molecule has 0 radical (unpaired) electrons.